The van der Waals surface area contributed by atoms with Crippen LogP contribution in [0.1, 0.15) is 97.8 Å². The normalized spacial score (nSPS) is 11.7. The highest BCUT2D eigenvalue weighted by Gasteiger charge is 2.08. The Kier molecular flexibility index (Phi) is 11.6. The minimum atomic E-state index is 0.529. The summed E-state index contributed by atoms with van der Waals surface area (Å²) in [5.41, 5.74) is 0.529. The molecule has 18 heavy (non-hydrogen) atoms. The summed E-state index contributed by atoms with van der Waals surface area (Å²) in [6, 6.07) is 0. The lowest BCUT2D eigenvalue weighted by atomic mass is 9.89. The van der Waals surface area contributed by atoms with Crippen LogP contribution in [0, 0.1) is 12.0 Å². The lowest BCUT2D eigenvalue weighted by Crippen LogP contribution is -2.03. The van der Waals surface area contributed by atoms with E-state index in [-0.39, 0.29) is 0 Å². The summed E-state index contributed by atoms with van der Waals surface area (Å²) in [5.74, 6) is 0. The van der Waals surface area contributed by atoms with Crippen molar-refractivity contribution in [2.24, 2.45) is 5.41 Å². The third-order valence-corrected chi connectivity index (χ3v) is 3.55. The minimum absolute atomic E-state index is 0.529. The van der Waals surface area contributed by atoms with Crippen molar-refractivity contribution in [3.63, 3.8) is 0 Å². The largest absolute Gasteiger partial charge is 0.0845 e. The second-order valence-electron chi connectivity index (χ2n) is 6.87. The van der Waals surface area contributed by atoms with Gasteiger partial charge in [0.15, 0.2) is 0 Å². The molecule has 0 aliphatic rings. The third-order valence-electron chi connectivity index (χ3n) is 3.55. The highest BCUT2D eigenvalue weighted by atomic mass is 14.1. The van der Waals surface area contributed by atoms with Crippen LogP contribution in [0.3, 0.4) is 0 Å². The van der Waals surface area contributed by atoms with Crippen molar-refractivity contribution < 1.29 is 0 Å². The summed E-state index contributed by atoms with van der Waals surface area (Å²) < 4.78 is 0. The van der Waals surface area contributed by atoms with Gasteiger partial charge in [0.05, 0.1) is 0 Å². The first-order valence-electron chi connectivity index (χ1n) is 8.10. The molecule has 107 valence electrons. The van der Waals surface area contributed by atoms with Crippen LogP contribution in [0.15, 0.2) is 6.08 Å². The van der Waals surface area contributed by atoms with Crippen LogP contribution in [0.5, 0.6) is 0 Å². The van der Waals surface area contributed by atoms with Gasteiger partial charge in [-0.25, -0.2) is 0 Å². The molecular formula is C18H35. The fraction of sp³-hybridized carbons (Fsp3) is 0.889. The van der Waals surface area contributed by atoms with Gasteiger partial charge >= 0.3 is 0 Å². The van der Waals surface area contributed by atoms with Gasteiger partial charge in [-0.05, 0) is 24.7 Å². The fourth-order valence-electron chi connectivity index (χ4n) is 2.33. The number of rotatable bonds is 12. The summed E-state index contributed by atoms with van der Waals surface area (Å²) in [4.78, 5) is 0. The molecule has 0 aliphatic heterocycles. The Bertz CT molecular complexity index is 173. The standard InChI is InChI=1S/C18H35/c1-5-6-7-8-9-10-11-12-13-14-15-16-17-18(2,3)4/h1,5H,6-17H2,2-4H3. The van der Waals surface area contributed by atoms with E-state index in [0.717, 1.165) is 6.42 Å². The highest BCUT2D eigenvalue weighted by molar-refractivity contribution is 4.62. The summed E-state index contributed by atoms with van der Waals surface area (Å²) in [6.45, 7) is 12.4. The molecule has 0 heterocycles. The zero-order chi connectivity index (χ0) is 13.7. The molecule has 0 aromatic rings. The second kappa shape index (κ2) is 11.8. The van der Waals surface area contributed by atoms with E-state index >= 15 is 0 Å². The quantitative estimate of drug-likeness (QED) is 0.338. The first kappa shape index (κ1) is 17.7. The average Bonchev–Trinajstić information content (AvgIpc) is 2.29. The van der Waals surface area contributed by atoms with Gasteiger partial charge in [-0.1, -0.05) is 91.2 Å². The van der Waals surface area contributed by atoms with E-state index in [0.29, 0.717) is 5.41 Å². The number of hydrogen-bond donors (Lipinski definition) is 0. The Morgan fingerprint density at radius 1 is 0.667 bits per heavy atom. The molecule has 0 bridgehead atoms. The molecule has 0 fully saturated rings. The van der Waals surface area contributed by atoms with E-state index in [4.69, 9.17) is 6.58 Å². The predicted octanol–water partition coefficient (Wildman–Crippen LogP) is 6.70. The van der Waals surface area contributed by atoms with Crippen LogP contribution in [-0.4, -0.2) is 0 Å². The molecule has 0 saturated heterocycles. The number of hydrogen-bond acceptors (Lipinski definition) is 0. The van der Waals surface area contributed by atoms with Gasteiger partial charge in [0.25, 0.3) is 0 Å². The topological polar surface area (TPSA) is 0 Å². The lowest BCUT2D eigenvalue weighted by molar-refractivity contribution is 0.356. The lowest BCUT2D eigenvalue weighted by Gasteiger charge is -2.17. The first-order chi connectivity index (χ1) is 8.56. The Balaban J connectivity index is 3.01. The average molecular weight is 251 g/mol. The molecule has 0 aliphatic carbocycles. The van der Waals surface area contributed by atoms with Crippen LogP contribution in [-0.2, 0) is 0 Å². The molecule has 0 N–H and O–H groups in total. The maximum Gasteiger partial charge on any atom is -0.0348 e. The van der Waals surface area contributed by atoms with Crippen molar-refractivity contribution in [1.29, 1.82) is 0 Å². The highest BCUT2D eigenvalue weighted by Crippen LogP contribution is 2.22. The maximum absolute atomic E-state index is 5.35. The summed E-state index contributed by atoms with van der Waals surface area (Å²) in [5, 5.41) is 0. The van der Waals surface area contributed by atoms with Crippen LogP contribution < -0.4 is 0 Å². The van der Waals surface area contributed by atoms with E-state index in [2.05, 4.69) is 20.8 Å². The number of allylic oxidation sites excluding steroid dienone is 1. The van der Waals surface area contributed by atoms with Crippen molar-refractivity contribution in [2.45, 2.75) is 97.8 Å². The smallest absolute Gasteiger partial charge is 0.0348 e. The number of unbranched alkanes of at least 4 members (excludes halogenated alkanes) is 10. The van der Waals surface area contributed by atoms with Gasteiger partial charge < -0.3 is 0 Å². The zero-order valence-corrected chi connectivity index (χ0v) is 13.1. The molecule has 0 saturated carbocycles. The second-order valence-corrected chi connectivity index (χ2v) is 6.87. The third kappa shape index (κ3) is 15.7. The molecule has 0 unspecified atom stereocenters. The molecule has 0 aromatic heterocycles. The summed E-state index contributed by atoms with van der Waals surface area (Å²) in [7, 11) is 0. The molecule has 0 amide bonds. The van der Waals surface area contributed by atoms with Crippen molar-refractivity contribution in [3.8, 4) is 0 Å². The van der Waals surface area contributed by atoms with Crippen molar-refractivity contribution in [2.75, 3.05) is 0 Å². The molecule has 0 spiro atoms. The van der Waals surface area contributed by atoms with Crippen molar-refractivity contribution in [1.82, 2.24) is 0 Å². The van der Waals surface area contributed by atoms with Gasteiger partial charge in [0.1, 0.15) is 0 Å². The SMILES string of the molecule is [CH]=CCCCCCCCCCCCCC(C)(C)C. The van der Waals surface area contributed by atoms with E-state index in [1.807, 2.05) is 0 Å². The van der Waals surface area contributed by atoms with Gasteiger partial charge in [0.2, 0.25) is 0 Å². The Hall–Kier alpha value is -0.260. The molecular weight excluding hydrogens is 216 g/mol. The van der Waals surface area contributed by atoms with E-state index in [1.54, 1.807) is 6.08 Å². The maximum atomic E-state index is 5.35. The monoisotopic (exact) mass is 251 g/mol. The van der Waals surface area contributed by atoms with Crippen molar-refractivity contribution >= 4 is 0 Å². The Morgan fingerprint density at radius 3 is 1.44 bits per heavy atom. The van der Waals surface area contributed by atoms with Crippen LogP contribution in [0.2, 0.25) is 0 Å². The summed E-state index contributed by atoms with van der Waals surface area (Å²) in [6.07, 6.45) is 18.3. The molecule has 0 rings (SSSR count). The Morgan fingerprint density at radius 2 is 1.06 bits per heavy atom. The molecule has 0 atom stereocenters. The molecule has 0 aromatic carbocycles. The van der Waals surface area contributed by atoms with E-state index in [9.17, 15) is 0 Å². The Labute approximate surface area is 116 Å². The van der Waals surface area contributed by atoms with Crippen molar-refractivity contribution in [3.05, 3.63) is 12.7 Å². The summed E-state index contributed by atoms with van der Waals surface area (Å²) >= 11 is 0. The van der Waals surface area contributed by atoms with Gasteiger partial charge in [-0.15, -0.1) is 0 Å². The fourth-order valence-corrected chi connectivity index (χ4v) is 2.33. The minimum Gasteiger partial charge on any atom is -0.0845 e. The molecule has 1 radical (unpaired) electrons. The molecule has 0 nitrogen and oxygen atoms in total. The van der Waals surface area contributed by atoms with Gasteiger partial charge in [-0.3, -0.25) is 0 Å². The van der Waals surface area contributed by atoms with Crippen LogP contribution >= 0.6 is 0 Å². The van der Waals surface area contributed by atoms with E-state index in [1.165, 1.54) is 70.6 Å². The van der Waals surface area contributed by atoms with Crippen LogP contribution in [0.4, 0.5) is 0 Å². The molecule has 0 heteroatoms. The zero-order valence-electron chi connectivity index (χ0n) is 13.1. The van der Waals surface area contributed by atoms with E-state index < -0.39 is 0 Å². The van der Waals surface area contributed by atoms with Gasteiger partial charge in [0, 0.05) is 0 Å². The van der Waals surface area contributed by atoms with Gasteiger partial charge in [-0.2, -0.15) is 0 Å². The first-order valence-corrected chi connectivity index (χ1v) is 8.10. The predicted molar refractivity (Wildman–Crippen MR) is 83.7 cm³/mol. The van der Waals surface area contributed by atoms with Crippen LogP contribution in [0.25, 0.3) is 0 Å².